The van der Waals surface area contributed by atoms with Gasteiger partial charge in [-0.1, -0.05) is 0 Å². The molecule has 0 radical (unpaired) electrons. The minimum absolute atomic E-state index is 0.538. The van der Waals surface area contributed by atoms with Gasteiger partial charge in [0.15, 0.2) is 34.5 Å². The second-order valence-electron chi connectivity index (χ2n) is 9.92. The monoisotopic (exact) mass is 634 g/mol. The number of phenolic OH excluding ortho intramolecular Hbond substituents is 10. The summed E-state index contributed by atoms with van der Waals surface area (Å²) in [5.74, 6) is -14.5. The molecule has 6 rings (SSSR count). The van der Waals surface area contributed by atoms with Gasteiger partial charge in [-0.3, -0.25) is 9.59 Å². The molecule has 2 aromatic heterocycles. The second-order valence-corrected chi connectivity index (χ2v) is 9.92. The quantitative estimate of drug-likeness (QED) is 0.124. The molecule has 0 amide bonds. The zero-order valence-electron chi connectivity index (χ0n) is 22.5. The van der Waals surface area contributed by atoms with Crippen LogP contribution < -0.4 is 10.9 Å². The molecule has 0 fully saturated rings. The van der Waals surface area contributed by atoms with Crippen LogP contribution in [0.3, 0.4) is 0 Å². The zero-order valence-corrected chi connectivity index (χ0v) is 22.5. The van der Waals surface area contributed by atoms with Gasteiger partial charge in [0.1, 0.15) is 44.9 Å². The number of hydrogen-bond acceptors (Lipinski definition) is 16. The van der Waals surface area contributed by atoms with Crippen molar-refractivity contribution in [3.8, 4) is 103 Å². The summed E-state index contributed by atoms with van der Waals surface area (Å²) in [5, 5.41) is 125. The fourth-order valence-corrected chi connectivity index (χ4v) is 5.07. The fraction of sp³-hybridized carbons (Fsp3) is 0. The van der Waals surface area contributed by atoms with Crippen LogP contribution in [0.15, 0.2) is 54.8 Å². The molecule has 16 nitrogen and oxygen atoms in total. The van der Waals surface area contributed by atoms with Crippen molar-refractivity contribution >= 4 is 21.9 Å². The summed E-state index contributed by atoms with van der Waals surface area (Å²) < 4.78 is 11.1. The summed E-state index contributed by atoms with van der Waals surface area (Å²) in [6.45, 7) is 0. The second kappa shape index (κ2) is 9.71. The Labute approximate surface area is 251 Å². The van der Waals surface area contributed by atoms with Crippen LogP contribution in [-0.2, 0) is 0 Å². The standard InChI is InChI=1S/C30H18O16/c31-7-1-11(33)19-15(3-7)45-29(27(43)25(19)41)9-5-13(35)21(37)23(39)17(9)18-10(6-14(36)22(38)24(18)40)30-28(44)26(42)20-12(34)2-8(32)4-16(20)46-30/h1-6,31-40,43-44H. The van der Waals surface area contributed by atoms with Crippen LogP contribution in [0.5, 0.6) is 69.0 Å². The highest BCUT2D eigenvalue weighted by atomic mass is 16.4. The van der Waals surface area contributed by atoms with Crippen LogP contribution in [0, 0.1) is 0 Å². The molecule has 2 heterocycles. The van der Waals surface area contributed by atoms with E-state index < -0.39 is 136 Å². The summed E-state index contributed by atoms with van der Waals surface area (Å²) in [4.78, 5) is 26.2. The van der Waals surface area contributed by atoms with E-state index in [1.165, 1.54) is 0 Å². The number of aromatic hydroxyl groups is 12. The first-order chi connectivity index (χ1) is 21.6. The van der Waals surface area contributed by atoms with Crippen LogP contribution >= 0.6 is 0 Å². The molecule has 0 aliphatic rings. The van der Waals surface area contributed by atoms with Gasteiger partial charge in [0.2, 0.25) is 33.9 Å². The molecule has 234 valence electrons. The van der Waals surface area contributed by atoms with Crippen molar-refractivity contribution in [1.82, 2.24) is 0 Å². The number of benzene rings is 4. The summed E-state index contributed by atoms with van der Waals surface area (Å²) in [6.07, 6.45) is 0. The average molecular weight is 634 g/mol. The highest BCUT2D eigenvalue weighted by Gasteiger charge is 2.33. The molecule has 4 aromatic carbocycles. The normalized spacial score (nSPS) is 11.4. The van der Waals surface area contributed by atoms with E-state index in [-0.39, 0.29) is 0 Å². The maximum Gasteiger partial charge on any atom is 0.238 e. The maximum atomic E-state index is 13.1. The third kappa shape index (κ3) is 4.01. The number of rotatable bonds is 3. The average Bonchev–Trinajstić information content (AvgIpc) is 2.98. The van der Waals surface area contributed by atoms with Gasteiger partial charge < -0.3 is 70.1 Å². The van der Waals surface area contributed by atoms with Crippen LogP contribution in [0.25, 0.3) is 55.7 Å². The predicted octanol–water partition coefficient (Wildman–Crippen LogP) is 3.37. The third-order valence-corrected chi connectivity index (χ3v) is 7.12. The first-order valence-electron chi connectivity index (χ1n) is 12.6. The van der Waals surface area contributed by atoms with E-state index in [0.717, 1.165) is 24.3 Å². The van der Waals surface area contributed by atoms with E-state index in [9.17, 15) is 70.9 Å². The molecule has 0 aliphatic carbocycles. The van der Waals surface area contributed by atoms with Crippen LogP contribution in [0.4, 0.5) is 0 Å². The van der Waals surface area contributed by atoms with Crippen molar-refractivity contribution in [2.45, 2.75) is 0 Å². The first kappa shape index (κ1) is 29.0. The largest absolute Gasteiger partial charge is 0.508 e. The van der Waals surface area contributed by atoms with Crippen LogP contribution in [-0.4, -0.2) is 61.3 Å². The Kier molecular flexibility index (Phi) is 6.12. The zero-order chi connectivity index (χ0) is 33.5. The molecule has 16 heteroatoms. The van der Waals surface area contributed by atoms with Crippen molar-refractivity contribution in [2.24, 2.45) is 0 Å². The lowest BCUT2D eigenvalue weighted by molar-refractivity contribution is 0.365. The van der Waals surface area contributed by atoms with Gasteiger partial charge in [0.05, 0.1) is 0 Å². The molecule has 0 unspecified atom stereocenters. The van der Waals surface area contributed by atoms with Gasteiger partial charge in [-0.15, -0.1) is 0 Å². The number of phenols is 10. The highest BCUT2D eigenvalue weighted by Crippen LogP contribution is 2.58. The van der Waals surface area contributed by atoms with E-state index in [1.54, 1.807) is 0 Å². The molecule has 0 saturated heterocycles. The van der Waals surface area contributed by atoms with Crippen molar-refractivity contribution < 1.29 is 70.1 Å². The summed E-state index contributed by atoms with van der Waals surface area (Å²) in [5.41, 5.74) is -6.89. The van der Waals surface area contributed by atoms with Gasteiger partial charge in [0, 0.05) is 46.5 Å². The SMILES string of the molecule is O=c1c(O)c(-c2cc(O)c(O)c(O)c2-c2c(-c3oc4cc(O)cc(O)c4c(=O)c3O)cc(O)c(O)c2O)oc2cc(O)cc(O)c12. The minimum Gasteiger partial charge on any atom is -0.508 e. The van der Waals surface area contributed by atoms with Crippen molar-refractivity contribution in [2.75, 3.05) is 0 Å². The van der Waals surface area contributed by atoms with Gasteiger partial charge in [-0.05, 0) is 12.1 Å². The lowest BCUT2D eigenvalue weighted by Crippen LogP contribution is -2.05. The Bertz CT molecular complexity index is 2270. The van der Waals surface area contributed by atoms with Gasteiger partial charge in [-0.25, -0.2) is 0 Å². The Morgan fingerprint density at radius 2 is 0.739 bits per heavy atom. The predicted molar refractivity (Wildman–Crippen MR) is 155 cm³/mol. The highest BCUT2D eigenvalue weighted by molar-refractivity contribution is 6.02. The van der Waals surface area contributed by atoms with Crippen LogP contribution in [0.2, 0.25) is 0 Å². The van der Waals surface area contributed by atoms with Crippen LogP contribution in [0.1, 0.15) is 0 Å². The summed E-state index contributed by atoms with van der Waals surface area (Å²) in [7, 11) is 0. The van der Waals surface area contributed by atoms with E-state index in [4.69, 9.17) is 8.83 Å². The number of hydrogen-bond donors (Lipinski definition) is 12. The van der Waals surface area contributed by atoms with E-state index >= 15 is 0 Å². The molecule has 0 spiro atoms. The van der Waals surface area contributed by atoms with E-state index in [0.29, 0.717) is 12.1 Å². The van der Waals surface area contributed by atoms with E-state index in [2.05, 4.69) is 0 Å². The molecule has 0 atom stereocenters. The molecule has 0 aliphatic heterocycles. The Morgan fingerprint density at radius 1 is 0.391 bits per heavy atom. The fourth-order valence-electron chi connectivity index (χ4n) is 5.07. The third-order valence-electron chi connectivity index (χ3n) is 7.12. The molecule has 0 saturated carbocycles. The molecule has 0 bridgehead atoms. The molecule has 12 N–H and O–H groups in total. The van der Waals surface area contributed by atoms with Gasteiger partial charge in [0.25, 0.3) is 0 Å². The van der Waals surface area contributed by atoms with Gasteiger partial charge >= 0.3 is 0 Å². The topological polar surface area (TPSA) is 303 Å². The Morgan fingerprint density at radius 3 is 1.09 bits per heavy atom. The van der Waals surface area contributed by atoms with Crippen molar-refractivity contribution in [1.29, 1.82) is 0 Å². The smallest absolute Gasteiger partial charge is 0.238 e. The Hall–Kier alpha value is -7.10. The van der Waals surface area contributed by atoms with Gasteiger partial charge in [-0.2, -0.15) is 0 Å². The van der Waals surface area contributed by atoms with Crippen molar-refractivity contribution in [3.63, 3.8) is 0 Å². The molecule has 46 heavy (non-hydrogen) atoms. The van der Waals surface area contributed by atoms with Crippen molar-refractivity contribution in [3.05, 3.63) is 56.8 Å². The lowest BCUT2D eigenvalue weighted by atomic mass is 9.89. The van der Waals surface area contributed by atoms with E-state index in [1.807, 2.05) is 0 Å². The molecular formula is C30H18O16. The minimum atomic E-state index is -1.32. The Balaban J connectivity index is 1.80. The lowest BCUT2D eigenvalue weighted by Gasteiger charge is -2.20. The summed E-state index contributed by atoms with van der Waals surface area (Å²) >= 11 is 0. The molecular weight excluding hydrogens is 616 g/mol. The molecule has 6 aromatic rings. The maximum absolute atomic E-state index is 13.1. The first-order valence-corrected chi connectivity index (χ1v) is 12.6. The summed E-state index contributed by atoms with van der Waals surface area (Å²) in [6, 6.07) is 4.51. The number of fused-ring (bicyclic) bond motifs is 2.